The molecular weight excluding hydrogens is 327 g/mol. The summed E-state index contributed by atoms with van der Waals surface area (Å²) in [6.07, 6.45) is 1.47. The normalized spacial score (nSPS) is 17.6. The average molecular weight is 346 g/mol. The quantitative estimate of drug-likeness (QED) is 0.921. The van der Waals surface area contributed by atoms with Gasteiger partial charge >= 0.3 is 0 Å². The summed E-state index contributed by atoms with van der Waals surface area (Å²) in [6, 6.07) is 8.35. The molecule has 0 bridgehead atoms. The predicted octanol–water partition coefficient (Wildman–Crippen LogP) is 3.69. The Labute approximate surface area is 144 Å². The maximum Gasteiger partial charge on any atom is 0.263 e. The second-order valence-electron chi connectivity index (χ2n) is 6.04. The Morgan fingerprint density at radius 1 is 1.33 bits per heavy atom. The Morgan fingerprint density at radius 3 is 2.88 bits per heavy atom. The molecule has 1 aliphatic rings. The van der Waals surface area contributed by atoms with E-state index in [0.29, 0.717) is 24.4 Å². The fourth-order valence-corrected chi connectivity index (χ4v) is 3.58. The largest absolute Gasteiger partial charge is 0.337 e. The first-order chi connectivity index (χ1) is 11.5. The van der Waals surface area contributed by atoms with Gasteiger partial charge in [-0.1, -0.05) is 12.1 Å². The van der Waals surface area contributed by atoms with E-state index in [1.54, 1.807) is 30.0 Å². The summed E-state index contributed by atoms with van der Waals surface area (Å²) in [5.41, 5.74) is 0.989. The number of thiophene rings is 1. The van der Waals surface area contributed by atoms with Gasteiger partial charge in [-0.15, -0.1) is 11.3 Å². The summed E-state index contributed by atoms with van der Waals surface area (Å²) in [5, 5.41) is 4.51. The van der Waals surface area contributed by atoms with Crippen LogP contribution in [0.2, 0.25) is 0 Å². The monoisotopic (exact) mass is 346 g/mol. The van der Waals surface area contributed by atoms with Crippen LogP contribution in [0.5, 0.6) is 0 Å². The smallest absolute Gasteiger partial charge is 0.263 e. The van der Waals surface area contributed by atoms with E-state index in [-0.39, 0.29) is 23.4 Å². The summed E-state index contributed by atoms with van der Waals surface area (Å²) >= 11 is 1.40. The van der Waals surface area contributed by atoms with E-state index in [1.165, 1.54) is 17.4 Å². The molecule has 126 valence electrons. The molecule has 2 amide bonds. The highest BCUT2D eigenvalue weighted by molar-refractivity contribution is 7.12. The highest BCUT2D eigenvalue weighted by atomic mass is 32.1. The SMILES string of the molecule is Cc1ccc(NC(=O)C2CCCN(C(=O)c3cccs3)C2)c(F)c1. The fourth-order valence-electron chi connectivity index (χ4n) is 2.89. The minimum atomic E-state index is -0.439. The van der Waals surface area contributed by atoms with Gasteiger partial charge in [-0.3, -0.25) is 9.59 Å². The van der Waals surface area contributed by atoms with Crippen LogP contribution in [0, 0.1) is 18.7 Å². The van der Waals surface area contributed by atoms with Crippen LogP contribution in [0.1, 0.15) is 28.1 Å². The third-order valence-electron chi connectivity index (χ3n) is 4.19. The molecule has 1 aromatic heterocycles. The number of rotatable bonds is 3. The van der Waals surface area contributed by atoms with E-state index >= 15 is 0 Å². The van der Waals surface area contributed by atoms with Crippen LogP contribution in [0.15, 0.2) is 35.7 Å². The molecule has 1 N–H and O–H groups in total. The molecule has 1 atom stereocenters. The van der Waals surface area contributed by atoms with Crippen LogP contribution in [-0.4, -0.2) is 29.8 Å². The van der Waals surface area contributed by atoms with Gasteiger partial charge in [-0.2, -0.15) is 0 Å². The van der Waals surface area contributed by atoms with E-state index in [2.05, 4.69) is 5.32 Å². The van der Waals surface area contributed by atoms with Crippen LogP contribution in [-0.2, 0) is 4.79 Å². The summed E-state index contributed by atoms with van der Waals surface area (Å²) in [6.45, 7) is 2.82. The van der Waals surface area contributed by atoms with Crippen molar-refractivity contribution in [2.45, 2.75) is 19.8 Å². The minimum absolute atomic E-state index is 0.0379. The maximum absolute atomic E-state index is 13.9. The Morgan fingerprint density at radius 2 is 2.17 bits per heavy atom. The van der Waals surface area contributed by atoms with Crippen LogP contribution < -0.4 is 5.32 Å². The lowest BCUT2D eigenvalue weighted by Gasteiger charge is -2.31. The molecule has 0 aliphatic carbocycles. The van der Waals surface area contributed by atoms with Crippen molar-refractivity contribution in [3.8, 4) is 0 Å². The molecular formula is C18H19FN2O2S. The zero-order valence-corrected chi connectivity index (χ0v) is 14.2. The molecule has 1 saturated heterocycles. The standard InChI is InChI=1S/C18H19FN2O2S/c1-12-6-7-15(14(19)10-12)20-17(22)13-4-2-8-21(11-13)18(23)16-5-3-9-24-16/h3,5-7,9-10,13H,2,4,8,11H2,1H3,(H,20,22). The fraction of sp³-hybridized carbons (Fsp3) is 0.333. The number of likely N-dealkylation sites (tertiary alicyclic amines) is 1. The molecule has 2 heterocycles. The number of benzene rings is 1. The summed E-state index contributed by atoms with van der Waals surface area (Å²) in [4.78, 5) is 27.3. The number of carbonyl (C=O) groups excluding carboxylic acids is 2. The Bertz CT molecular complexity index is 745. The molecule has 0 radical (unpaired) electrons. The highest BCUT2D eigenvalue weighted by Gasteiger charge is 2.29. The molecule has 0 saturated carbocycles. The van der Waals surface area contributed by atoms with E-state index in [0.717, 1.165) is 12.0 Å². The number of anilines is 1. The van der Waals surface area contributed by atoms with Crippen molar-refractivity contribution in [3.05, 3.63) is 52.0 Å². The first-order valence-electron chi connectivity index (χ1n) is 7.94. The Hall–Kier alpha value is -2.21. The zero-order chi connectivity index (χ0) is 17.1. The maximum atomic E-state index is 13.9. The predicted molar refractivity (Wildman–Crippen MR) is 92.7 cm³/mol. The van der Waals surface area contributed by atoms with Crippen molar-refractivity contribution in [1.29, 1.82) is 0 Å². The summed E-state index contributed by atoms with van der Waals surface area (Å²) in [5.74, 6) is -1.03. The van der Waals surface area contributed by atoms with E-state index < -0.39 is 5.82 Å². The van der Waals surface area contributed by atoms with Gasteiger partial charge in [0, 0.05) is 13.1 Å². The second-order valence-corrected chi connectivity index (χ2v) is 6.99. The van der Waals surface area contributed by atoms with E-state index in [4.69, 9.17) is 0 Å². The topological polar surface area (TPSA) is 49.4 Å². The van der Waals surface area contributed by atoms with Crippen LogP contribution >= 0.6 is 11.3 Å². The second kappa shape index (κ2) is 7.13. The average Bonchev–Trinajstić information content (AvgIpc) is 3.11. The van der Waals surface area contributed by atoms with Crippen LogP contribution in [0.3, 0.4) is 0 Å². The lowest BCUT2D eigenvalue weighted by atomic mass is 9.96. The van der Waals surface area contributed by atoms with Gasteiger partial charge in [0.2, 0.25) is 5.91 Å². The van der Waals surface area contributed by atoms with E-state index in [9.17, 15) is 14.0 Å². The Balaban J connectivity index is 1.65. The molecule has 4 nitrogen and oxygen atoms in total. The lowest BCUT2D eigenvalue weighted by Crippen LogP contribution is -2.43. The van der Waals surface area contributed by atoms with Crippen molar-refractivity contribution in [2.24, 2.45) is 5.92 Å². The van der Waals surface area contributed by atoms with Crippen molar-refractivity contribution in [2.75, 3.05) is 18.4 Å². The molecule has 1 aromatic carbocycles. The van der Waals surface area contributed by atoms with Crippen molar-refractivity contribution in [3.63, 3.8) is 0 Å². The minimum Gasteiger partial charge on any atom is -0.337 e. The summed E-state index contributed by atoms with van der Waals surface area (Å²) in [7, 11) is 0. The van der Waals surface area contributed by atoms with Gasteiger partial charge in [0.25, 0.3) is 5.91 Å². The molecule has 2 aromatic rings. The first-order valence-corrected chi connectivity index (χ1v) is 8.82. The number of piperidine rings is 1. The first kappa shape index (κ1) is 16.6. The van der Waals surface area contributed by atoms with Gasteiger partial charge in [0.05, 0.1) is 16.5 Å². The molecule has 1 fully saturated rings. The number of nitrogens with zero attached hydrogens (tertiary/aromatic N) is 1. The van der Waals surface area contributed by atoms with Crippen molar-refractivity contribution in [1.82, 2.24) is 4.90 Å². The van der Waals surface area contributed by atoms with E-state index in [1.807, 2.05) is 11.4 Å². The highest BCUT2D eigenvalue weighted by Crippen LogP contribution is 2.23. The third kappa shape index (κ3) is 3.64. The molecule has 1 aliphatic heterocycles. The van der Waals surface area contributed by atoms with Gasteiger partial charge in [0.1, 0.15) is 5.82 Å². The Kier molecular flexibility index (Phi) is 4.94. The van der Waals surface area contributed by atoms with Crippen molar-refractivity contribution < 1.29 is 14.0 Å². The number of hydrogen-bond donors (Lipinski definition) is 1. The van der Waals surface area contributed by atoms with Gasteiger partial charge in [-0.25, -0.2) is 4.39 Å². The van der Waals surface area contributed by atoms with Gasteiger partial charge in [0.15, 0.2) is 0 Å². The van der Waals surface area contributed by atoms with Crippen LogP contribution in [0.4, 0.5) is 10.1 Å². The zero-order valence-electron chi connectivity index (χ0n) is 13.4. The molecule has 1 unspecified atom stereocenters. The van der Waals surface area contributed by atoms with Gasteiger partial charge < -0.3 is 10.2 Å². The number of halogens is 1. The number of nitrogens with one attached hydrogen (secondary N) is 1. The number of amides is 2. The number of carbonyl (C=O) groups is 2. The number of hydrogen-bond acceptors (Lipinski definition) is 3. The lowest BCUT2D eigenvalue weighted by molar-refractivity contribution is -0.121. The van der Waals surface area contributed by atoms with Gasteiger partial charge in [-0.05, 0) is 48.9 Å². The molecule has 6 heteroatoms. The summed E-state index contributed by atoms with van der Waals surface area (Å²) < 4.78 is 13.9. The molecule has 3 rings (SSSR count). The van der Waals surface area contributed by atoms with Crippen LogP contribution in [0.25, 0.3) is 0 Å². The molecule has 24 heavy (non-hydrogen) atoms. The third-order valence-corrected chi connectivity index (χ3v) is 5.05. The molecule has 0 spiro atoms. The van der Waals surface area contributed by atoms with Crippen molar-refractivity contribution >= 4 is 28.8 Å². The number of aryl methyl sites for hydroxylation is 1.